The minimum absolute atomic E-state index is 0.158. The van der Waals surface area contributed by atoms with Crippen molar-refractivity contribution in [2.75, 3.05) is 19.8 Å². The highest BCUT2D eigenvalue weighted by Gasteiger charge is 2.43. The molecule has 0 amide bonds. The van der Waals surface area contributed by atoms with Crippen LogP contribution in [0.4, 0.5) is 0 Å². The lowest BCUT2D eigenvalue weighted by Crippen LogP contribution is -2.36. The lowest BCUT2D eigenvalue weighted by atomic mass is 10.1. The lowest BCUT2D eigenvalue weighted by Gasteiger charge is -2.28. The molecule has 21 heavy (non-hydrogen) atoms. The fourth-order valence-corrected chi connectivity index (χ4v) is 4.21. The van der Waals surface area contributed by atoms with Crippen LogP contribution >= 0.6 is 7.60 Å². The minimum atomic E-state index is -3.55. The van der Waals surface area contributed by atoms with Gasteiger partial charge in [-0.25, -0.2) is 4.79 Å². The standard InChI is InChI=1S/C14H29O6P/c1-5-9-10-11-12(13(15)14(16)18-6-2)21(17,19-7-3)20-8-4/h12-13,15H,5-11H2,1-4H3/t12-,13-/m1/s1. The lowest BCUT2D eigenvalue weighted by molar-refractivity contribution is -0.153. The van der Waals surface area contributed by atoms with Gasteiger partial charge in [0.15, 0.2) is 6.10 Å². The van der Waals surface area contributed by atoms with Crippen molar-refractivity contribution in [2.45, 2.75) is 65.1 Å². The van der Waals surface area contributed by atoms with Crippen LogP contribution in [-0.4, -0.2) is 42.7 Å². The van der Waals surface area contributed by atoms with Crippen LogP contribution in [0.5, 0.6) is 0 Å². The zero-order valence-electron chi connectivity index (χ0n) is 13.5. The fraction of sp³-hybridized carbons (Fsp3) is 0.929. The number of aliphatic hydroxyl groups excluding tert-OH is 1. The van der Waals surface area contributed by atoms with Crippen LogP contribution < -0.4 is 0 Å². The summed E-state index contributed by atoms with van der Waals surface area (Å²) in [6.07, 6.45) is 1.54. The molecule has 0 unspecified atom stereocenters. The van der Waals surface area contributed by atoms with Crippen LogP contribution in [0.15, 0.2) is 0 Å². The topological polar surface area (TPSA) is 82.1 Å². The van der Waals surface area contributed by atoms with E-state index in [-0.39, 0.29) is 19.8 Å². The van der Waals surface area contributed by atoms with E-state index in [0.717, 1.165) is 19.3 Å². The highest BCUT2D eigenvalue weighted by molar-refractivity contribution is 7.54. The van der Waals surface area contributed by atoms with Gasteiger partial charge in [-0.2, -0.15) is 0 Å². The van der Waals surface area contributed by atoms with Crippen LogP contribution in [0.1, 0.15) is 53.4 Å². The number of hydrogen-bond acceptors (Lipinski definition) is 6. The zero-order chi connectivity index (χ0) is 16.3. The molecule has 0 aliphatic heterocycles. The predicted octanol–water partition coefficient (Wildman–Crippen LogP) is 3.13. The van der Waals surface area contributed by atoms with Gasteiger partial charge in [-0.15, -0.1) is 0 Å². The van der Waals surface area contributed by atoms with E-state index in [4.69, 9.17) is 13.8 Å². The van der Waals surface area contributed by atoms with Crippen molar-refractivity contribution < 1.29 is 28.3 Å². The summed E-state index contributed by atoms with van der Waals surface area (Å²) >= 11 is 0. The van der Waals surface area contributed by atoms with Gasteiger partial charge in [-0.1, -0.05) is 26.2 Å². The van der Waals surface area contributed by atoms with Crippen molar-refractivity contribution >= 4 is 13.6 Å². The second-order valence-corrected chi connectivity index (χ2v) is 6.89. The summed E-state index contributed by atoms with van der Waals surface area (Å²) in [5, 5.41) is 10.2. The molecule has 0 rings (SSSR count). The Kier molecular flexibility index (Phi) is 11.0. The summed E-state index contributed by atoms with van der Waals surface area (Å²) in [5.74, 6) is -0.779. The maximum absolute atomic E-state index is 12.8. The number of hydrogen-bond donors (Lipinski definition) is 1. The Labute approximate surface area is 127 Å². The Balaban J connectivity index is 5.15. The molecule has 0 aliphatic carbocycles. The maximum atomic E-state index is 12.8. The number of ether oxygens (including phenoxy) is 1. The number of unbranched alkanes of at least 4 members (excludes halogenated alkanes) is 2. The molecular formula is C14H29O6P. The smallest absolute Gasteiger partial charge is 0.336 e. The normalized spacial score (nSPS) is 14.7. The number of carbonyl (C=O) groups is 1. The zero-order valence-corrected chi connectivity index (χ0v) is 14.4. The van der Waals surface area contributed by atoms with Crippen molar-refractivity contribution in [3.8, 4) is 0 Å². The van der Waals surface area contributed by atoms with Crippen LogP contribution in [0.3, 0.4) is 0 Å². The molecule has 0 spiro atoms. The van der Waals surface area contributed by atoms with E-state index in [1.165, 1.54) is 0 Å². The summed E-state index contributed by atoms with van der Waals surface area (Å²) < 4.78 is 28.2. The predicted molar refractivity (Wildman–Crippen MR) is 81.4 cm³/mol. The molecule has 0 aromatic carbocycles. The second kappa shape index (κ2) is 11.2. The van der Waals surface area contributed by atoms with E-state index in [0.29, 0.717) is 6.42 Å². The Hall–Kier alpha value is -0.420. The molecule has 0 fully saturated rings. The van der Waals surface area contributed by atoms with Gasteiger partial charge in [0, 0.05) is 0 Å². The van der Waals surface area contributed by atoms with Gasteiger partial charge < -0.3 is 18.9 Å². The summed E-state index contributed by atoms with van der Waals surface area (Å²) in [6.45, 7) is 7.64. The van der Waals surface area contributed by atoms with Crippen LogP contribution in [-0.2, 0) is 23.1 Å². The van der Waals surface area contributed by atoms with Gasteiger partial charge >= 0.3 is 13.6 Å². The quantitative estimate of drug-likeness (QED) is 0.337. The largest absolute Gasteiger partial charge is 0.464 e. The summed E-state index contributed by atoms with van der Waals surface area (Å²) in [6, 6.07) is 0. The third kappa shape index (κ3) is 6.92. The SMILES string of the molecule is CCCCC[C@H]([C@@H](O)C(=O)OCC)P(=O)(OCC)OCC. The van der Waals surface area contributed by atoms with Gasteiger partial charge in [0.2, 0.25) is 0 Å². The van der Waals surface area contributed by atoms with Gasteiger partial charge in [0.05, 0.1) is 25.5 Å². The molecule has 7 heteroatoms. The molecule has 0 aromatic rings. The van der Waals surface area contributed by atoms with E-state index < -0.39 is 25.3 Å². The molecule has 0 saturated carbocycles. The van der Waals surface area contributed by atoms with E-state index in [9.17, 15) is 14.5 Å². The van der Waals surface area contributed by atoms with Crippen LogP contribution in [0.25, 0.3) is 0 Å². The summed E-state index contributed by atoms with van der Waals surface area (Å²) in [7, 11) is -3.55. The van der Waals surface area contributed by atoms with Gasteiger partial charge in [-0.3, -0.25) is 4.57 Å². The van der Waals surface area contributed by atoms with E-state index in [1.54, 1.807) is 20.8 Å². The van der Waals surface area contributed by atoms with Crippen molar-refractivity contribution in [1.29, 1.82) is 0 Å². The third-order valence-electron chi connectivity index (χ3n) is 3.02. The minimum Gasteiger partial charge on any atom is -0.464 e. The molecule has 0 radical (unpaired) electrons. The highest BCUT2D eigenvalue weighted by Crippen LogP contribution is 2.56. The van der Waals surface area contributed by atoms with Gasteiger partial charge in [-0.05, 0) is 27.2 Å². The highest BCUT2D eigenvalue weighted by atomic mass is 31.2. The summed E-state index contributed by atoms with van der Waals surface area (Å²) in [5.41, 5.74) is -0.886. The Morgan fingerprint density at radius 1 is 1.05 bits per heavy atom. The molecule has 126 valence electrons. The first kappa shape index (κ1) is 20.6. The number of esters is 1. The van der Waals surface area contributed by atoms with E-state index in [1.807, 2.05) is 6.92 Å². The van der Waals surface area contributed by atoms with Crippen molar-refractivity contribution in [3.05, 3.63) is 0 Å². The molecule has 0 heterocycles. The van der Waals surface area contributed by atoms with Gasteiger partial charge in [0.1, 0.15) is 0 Å². The Bertz CT molecular complexity index is 323. The monoisotopic (exact) mass is 324 g/mol. The van der Waals surface area contributed by atoms with Gasteiger partial charge in [0.25, 0.3) is 0 Å². The molecule has 2 atom stereocenters. The number of aliphatic hydroxyl groups is 1. The van der Waals surface area contributed by atoms with Crippen molar-refractivity contribution in [3.63, 3.8) is 0 Å². The first-order valence-corrected chi connectivity index (χ1v) is 9.31. The van der Waals surface area contributed by atoms with E-state index >= 15 is 0 Å². The van der Waals surface area contributed by atoms with Crippen LogP contribution in [0, 0.1) is 0 Å². The molecule has 0 bridgehead atoms. The fourth-order valence-electron chi connectivity index (χ4n) is 2.07. The number of rotatable bonds is 12. The average Bonchev–Trinajstić information content (AvgIpc) is 2.43. The molecule has 6 nitrogen and oxygen atoms in total. The van der Waals surface area contributed by atoms with Crippen LogP contribution in [0.2, 0.25) is 0 Å². The van der Waals surface area contributed by atoms with E-state index in [2.05, 4.69) is 0 Å². The van der Waals surface area contributed by atoms with Crippen molar-refractivity contribution in [1.82, 2.24) is 0 Å². The Morgan fingerprint density at radius 2 is 1.62 bits per heavy atom. The first-order chi connectivity index (χ1) is 9.96. The second-order valence-electron chi connectivity index (χ2n) is 4.64. The average molecular weight is 324 g/mol. The first-order valence-electron chi connectivity index (χ1n) is 7.70. The molecule has 0 aromatic heterocycles. The maximum Gasteiger partial charge on any atom is 0.336 e. The molecular weight excluding hydrogens is 295 g/mol. The number of carbonyl (C=O) groups excluding carboxylic acids is 1. The summed E-state index contributed by atoms with van der Waals surface area (Å²) in [4.78, 5) is 11.8. The molecule has 0 aliphatic rings. The molecule has 0 saturated heterocycles. The van der Waals surface area contributed by atoms with Crippen molar-refractivity contribution in [2.24, 2.45) is 0 Å². The Morgan fingerprint density at radius 3 is 2.05 bits per heavy atom. The third-order valence-corrected chi connectivity index (χ3v) is 5.61. The molecule has 1 N–H and O–H groups in total.